The Kier molecular flexibility index (Phi) is 5.59. The van der Waals surface area contributed by atoms with Crippen molar-refractivity contribution in [3.05, 3.63) is 101 Å². The Bertz CT molecular complexity index is 1040. The van der Waals surface area contributed by atoms with Crippen LogP contribution in [-0.4, -0.2) is 17.4 Å². The van der Waals surface area contributed by atoms with Gasteiger partial charge in [0.25, 0.3) is 5.91 Å². The van der Waals surface area contributed by atoms with Crippen LogP contribution in [0, 0.1) is 0 Å². The van der Waals surface area contributed by atoms with Crippen LogP contribution >= 0.6 is 0 Å². The molecule has 0 fully saturated rings. The molecule has 30 heavy (non-hydrogen) atoms. The van der Waals surface area contributed by atoms with Crippen LogP contribution < -0.4 is 5.32 Å². The summed E-state index contributed by atoms with van der Waals surface area (Å²) < 4.78 is 38.5. The lowest BCUT2D eigenvalue weighted by atomic mass is 9.99. The second kappa shape index (κ2) is 8.32. The molecule has 0 bridgehead atoms. The van der Waals surface area contributed by atoms with E-state index in [0.29, 0.717) is 5.56 Å². The number of fused-ring (bicyclic) bond motifs is 1. The SMILES string of the molecule is O=C(Nc1cccc(C(F)(F)F)c1)c1ccc(CN2CCc3ccccc3C2)cc1. The fourth-order valence-corrected chi connectivity index (χ4v) is 3.69. The molecule has 3 aromatic rings. The summed E-state index contributed by atoms with van der Waals surface area (Å²) in [6.45, 7) is 2.66. The highest BCUT2D eigenvalue weighted by molar-refractivity contribution is 6.04. The maximum Gasteiger partial charge on any atom is 0.416 e. The summed E-state index contributed by atoms with van der Waals surface area (Å²) >= 11 is 0. The predicted molar refractivity (Wildman–Crippen MR) is 110 cm³/mol. The van der Waals surface area contributed by atoms with Crippen molar-refractivity contribution in [1.82, 2.24) is 4.90 Å². The Labute approximate surface area is 173 Å². The van der Waals surface area contributed by atoms with E-state index in [1.54, 1.807) is 12.1 Å². The molecule has 1 aliphatic heterocycles. The first kappa shape index (κ1) is 20.2. The molecule has 1 heterocycles. The van der Waals surface area contributed by atoms with Crippen LogP contribution in [0.5, 0.6) is 0 Å². The summed E-state index contributed by atoms with van der Waals surface area (Å²) in [5.41, 5.74) is 3.56. The lowest BCUT2D eigenvalue weighted by Gasteiger charge is -2.28. The number of nitrogens with one attached hydrogen (secondary N) is 1. The molecule has 0 atom stereocenters. The number of carbonyl (C=O) groups excluding carboxylic acids is 1. The highest BCUT2D eigenvalue weighted by Gasteiger charge is 2.30. The van der Waals surface area contributed by atoms with Crippen molar-refractivity contribution in [3.63, 3.8) is 0 Å². The van der Waals surface area contributed by atoms with E-state index in [1.807, 2.05) is 12.1 Å². The van der Waals surface area contributed by atoms with E-state index in [0.717, 1.165) is 43.8 Å². The number of hydrogen-bond acceptors (Lipinski definition) is 2. The molecule has 1 amide bonds. The largest absolute Gasteiger partial charge is 0.416 e. The van der Waals surface area contributed by atoms with E-state index in [2.05, 4.69) is 34.5 Å². The third-order valence-electron chi connectivity index (χ3n) is 5.28. The van der Waals surface area contributed by atoms with Crippen LogP contribution in [0.25, 0.3) is 0 Å². The number of rotatable bonds is 4. The van der Waals surface area contributed by atoms with E-state index in [4.69, 9.17) is 0 Å². The molecule has 154 valence electrons. The Morgan fingerprint density at radius 3 is 2.40 bits per heavy atom. The van der Waals surface area contributed by atoms with Gasteiger partial charge in [-0.2, -0.15) is 13.2 Å². The van der Waals surface area contributed by atoms with Gasteiger partial charge in [-0.05, 0) is 53.4 Å². The fraction of sp³-hybridized carbons (Fsp3) is 0.208. The van der Waals surface area contributed by atoms with E-state index in [1.165, 1.54) is 23.3 Å². The van der Waals surface area contributed by atoms with Crippen LogP contribution in [0.4, 0.5) is 18.9 Å². The van der Waals surface area contributed by atoms with Gasteiger partial charge in [0.1, 0.15) is 0 Å². The number of benzene rings is 3. The summed E-state index contributed by atoms with van der Waals surface area (Å²) in [6, 6.07) is 20.3. The maximum absolute atomic E-state index is 12.8. The normalized spacial score (nSPS) is 14.2. The first-order valence-electron chi connectivity index (χ1n) is 9.75. The van der Waals surface area contributed by atoms with Gasteiger partial charge in [-0.3, -0.25) is 9.69 Å². The molecule has 0 unspecified atom stereocenters. The molecule has 6 heteroatoms. The van der Waals surface area contributed by atoms with E-state index < -0.39 is 17.6 Å². The number of halogens is 3. The number of hydrogen-bond donors (Lipinski definition) is 1. The molecule has 0 radical (unpaired) electrons. The third-order valence-corrected chi connectivity index (χ3v) is 5.28. The summed E-state index contributed by atoms with van der Waals surface area (Å²) in [7, 11) is 0. The van der Waals surface area contributed by atoms with Crippen molar-refractivity contribution in [2.24, 2.45) is 0 Å². The first-order valence-corrected chi connectivity index (χ1v) is 9.75. The summed E-state index contributed by atoms with van der Waals surface area (Å²) in [5, 5.41) is 2.53. The lowest BCUT2D eigenvalue weighted by Crippen LogP contribution is -2.29. The van der Waals surface area contributed by atoms with Gasteiger partial charge in [0.15, 0.2) is 0 Å². The van der Waals surface area contributed by atoms with Crippen molar-refractivity contribution in [1.29, 1.82) is 0 Å². The Morgan fingerprint density at radius 2 is 1.67 bits per heavy atom. The highest BCUT2D eigenvalue weighted by atomic mass is 19.4. The summed E-state index contributed by atoms with van der Waals surface area (Å²) in [6.07, 6.45) is -3.43. The minimum atomic E-state index is -4.45. The number of amides is 1. The monoisotopic (exact) mass is 410 g/mol. The third kappa shape index (κ3) is 4.71. The molecule has 0 spiro atoms. The first-order chi connectivity index (χ1) is 14.4. The zero-order valence-electron chi connectivity index (χ0n) is 16.2. The predicted octanol–water partition coefficient (Wildman–Crippen LogP) is 5.52. The van der Waals surface area contributed by atoms with Gasteiger partial charge in [0.2, 0.25) is 0 Å². The second-order valence-electron chi connectivity index (χ2n) is 7.46. The number of anilines is 1. The molecular weight excluding hydrogens is 389 g/mol. The molecule has 1 N–H and O–H groups in total. The van der Waals surface area contributed by atoms with Crippen LogP contribution in [0.3, 0.4) is 0 Å². The summed E-state index contributed by atoms with van der Waals surface area (Å²) in [5.74, 6) is -0.437. The topological polar surface area (TPSA) is 32.3 Å². The van der Waals surface area contributed by atoms with Gasteiger partial charge in [0, 0.05) is 30.9 Å². The minimum Gasteiger partial charge on any atom is -0.322 e. The van der Waals surface area contributed by atoms with E-state index >= 15 is 0 Å². The standard InChI is InChI=1S/C24H21F3N2O/c25-24(26,27)21-6-3-7-22(14-21)28-23(30)19-10-8-17(9-11-19)15-29-13-12-18-4-1-2-5-20(18)16-29/h1-11,14H,12-13,15-16H2,(H,28,30). The molecule has 0 saturated carbocycles. The zero-order valence-corrected chi connectivity index (χ0v) is 16.2. The fourth-order valence-electron chi connectivity index (χ4n) is 3.69. The van der Waals surface area contributed by atoms with Crippen LogP contribution in [0.2, 0.25) is 0 Å². The lowest BCUT2D eigenvalue weighted by molar-refractivity contribution is -0.137. The second-order valence-corrected chi connectivity index (χ2v) is 7.46. The smallest absolute Gasteiger partial charge is 0.322 e. The Morgan fingerprint density at radius 1 is 0.933 bits per heavy atom. The molecule has 0 aromatic heterocycles. The van der Waals surface area contributed by atoms with Crippen molar-refractivity contribution >= 4 is 11.6 Å². The molecule has 0 saturated heterocycles. The number of nitrogens with zero attached hydrogens (tertiary/aromatic N) is 1. The number of carbonyl (C=O) groups is 1. The van der Waals surface area contributed by atoms with Gasteiger partial charge in [-0.25, -0.2) is 0 Å². The molecule has 3 aromatic carbocycles. The van der Waals surface area contributed by atoms with E-state index in [9.17, 15) is 18.0 Å². The molecule has 0 aliphatic carbocycles. The van der Waals surface area contributed by atoms with Crippen molar-refractivity contribution in [3.8, 4) is 0 Å². The van der Waals surface area contributed by atoms with Gasteiger partial charge >= 0.3 is 6.18 Å². The zero-order chi connectivity index (χ0) is 21.1. The number of alkyl halides is 3. The minimum absolute atomic E-state index is 0.117. The average molecular weight is 410 g/mol. The maximum atomic E-state index is 12.8. The molecular formula is C24H21F3N2O. The van der Waals surface area contributed by atoms with Crippen molar-refractivity contribution < 1.29 is 18.0 Å². The van der Waals surface area contributed by atoms with Crippen LogP contribution in [0.1, 0.15) is 32.6 Å². The average Bonchev–Trinajstić information content (AvgIpc) is 2.74. The van der Waals surface area contributed by atoms with Gasteiger partial charge < -0.3 is 5.32 Å². The van der Waals surface area contributed by atoms with Gasteiger partial charge in [-0.15, -0.1) is 0 Å². The van der Waals surface area contributed by atoms with Crippen LogP contribution in [0.15, 0.2) is 72.8 Å². The Hall–Kier alpha value is -3.12. The Balaban J connectivity index is 1.38. The molecule has 4 rings (SSSR count). The summed E-state index contributed by atoms with van der Waals surface area (Å²) in [4.78, 5) is 14.8. The van der Waals surface area contributed by atoms with Crippen LogP contribution in [-0.2, 0) is 25.7 Å². The molecule has 1 aliphatic rings. The van der Waals surface area contributed by atoms with Gasteiger partial charge in [-0.1, -0.05) is 42.5 Å². The van der Waals surface area contributed by atoms with Crippen molar-refractivity contribution in [2.45, 2.75) is 25.7 Å². The van der Waals surface area contributed by atoms with Gasteiger partial charge in [0.05, 0.1) is 5.56 Å². The van der Waals surface area contributed by atoms with Crippen molar-refractivity contribution in [2.75, 3.05) is 11.9 Å². The van der Waals surface area contributed by atoms with E-state index in [-0.39, 0.29) is 5.69 Å². The highest BCUT2D eigenvalue weighted by Crippen LogP contribution is 2.30. The molecule has 3 nitrogen and oxygen atoms in total. The quantitative estimate of drug-likeness (QED) is 0.615.